The highest BCUT2D eigenvalue weighted by Crippen LogP contribution is 2.22. The van der Waals surface area contributed by atoms with Crippen LogP contribution in [0.1, 0.15) is 26.2 Å². The molecule has 1 unspecified atom stereocenters. The molecule has 1 fully saturated rings. The molecule has 1 rings (SSSR count). The number of rotatable bonds is 4. The van der Waals surface area contributed by atoms with Crippen molar-refractivity contribution in [3.05, 3.63) is 12.2 Å². The van der Waals surface area contributed by atoms with Gasteiger partial charge in [0.2, 0.25) is 5.91 Å². The third-order valence-electron chi connectivity index (χ3n) is 2.31. The summed E-state index contributed by atoms with van der Waals surface area (Å²) in [4.78, 5) is 13.0. The van der Waals surface area contributed by atoms with E-state index < -0.39 is 0 Å². The Morgan fingerprint density at radius 1 is 1.77 bits per heavy atom. The predicted molar refractivity (Wildman–Crippen MR) is 53.0 cm³/mol. The van der Waals surface area contributed by atoms with Gasteiger partial charge >= 0.3 is 0 Å². The zero-order valence-corrected chi connectivity index (χ0v) is 7.99. The van der Waals surface area contributed by atoms with Gasteiger partial charge in [-0.25, -0.2) is 0 Å². The monoisotopic (exact) mass is 177 g/mol. The second-order valence-electron chi connectivity index (χ2n) is 3.26. The number of terminal acetylenes is 1. The third kappa shape index (κ3) is 2.35. The Morgan fingerprint density at radius 2 is 2.54 bits per heavy atom. The van der Waals surface area contributed by atoms with Crippen molar-refractivity contribution in [3.63, 3.8) is 0 Å². The Bertz CT molecular complexity index is 249. The highest BCUT2D eigenvalue weighted by atomic mass is 16.2. The summed E-state index contributed by atoms with van der Waals surface area (Å²) >= 11 is 0. The van der Waals surface area contributed by atoms with Crippen LogP contribution in [-0.4, -0.2) is 23.4 Å². The molecule has 0 aliphatic carbocycles. The van der Waals surface area contributed by atoms with Crippen LogP contribution < -0.4 is 0 Å². The van der Waals surface area contributed by atoms with E-state index in [0.29, 0.717) is 12.6 Å². The summed E-state index contributed by atoms with van der Waals surface area (Å²) in [7, 11) is 0. The maximum atomic E-state index is 11.2. The molecule has 1 aliphatic rings. The molecule has 0 spiro atoms. The number of carbonyl (C=O) groups is 1. The van der Waals surface area contributed by atoms with Gasteiger partial charge in [-0.05, 0) is 12.5 Å². The first kappa shape index (κ1) is 9.85. The van der Waals surface area contributed by atoms with Gasteiger partial charge in [-0.2, -0.15) is 0 Å². The van der Waals surface area contributed by atoms with Crippen LogP contribution in [0.25, 0.3) is 0 Å². The van der Waals surface area contributed by atoms with Gasteiger partial charge in [0.15, 0.2) is 0 Å². The van der Waals surface area contributed by atoms with Gasteiger partial charge in [0, 0.05) is 19.0 Å². The van der Waals surface area contributed by atoms with E-state index >= 15 is 0 Å². The van der Waals surface area contributed by atoms with Gasteiger partial charge in [0.05, 0.1) is 0 Å². The molecule has 0 aromatic carbocycles. The first-order valence-electron chi connectivity index (χ1n) is 4.70. The summed E-state index contributed by atoms with van der Waals surface area (Å²) in [6.45, 7) is 2.81. The molecular formula is C11H15NO. The van der Waals surface area contributed by atoms with Gasteiger partial charge in [0.1, 0.15) is 0 Å². The Kier molecular flexibility index (Phi) is 3.57. The summed E-state index contributed by atoms with van der Waals surface area (Å²) in [6, 6.07) is 0.458. The molecule has 0 N–H and O–H groups in total. The quantitative estimate of drug-likeness (QED) is 0.471. The van der Waals surface area contributed by atoms with Crippen molar-refractivity contribution in [1.29, 1.82) is 0 Å². The maximum absolute atomic E-state index is 11.2. The summed E-state index contributed by atoms with van der Waals surface area (Å²) in [5.41, 5.74) is 0. The van der Waals surface area contributed by atoms with E-state index in [1.165, 1.54) is 0 Å². The number of β-lactam (4-membered cyclic amide) rings is 1. The van der Waals surface area contributed by atoms with Gasteiger partial charge in [0.25, 0.3) is 0 Å². The SMILES string of the molecule is C#C/C=C\CN1C(=O)CC1CCC. The fourth-order valence-electron chi connectivity index (χ4n) is 1.60. The van der Waals surface area contributed by atoms with Crippen molar-refractivity contribution >= 4 is 5.91 Å². The normalized spacial score (nSPS) is 21.7. The van der Waals surface area contributed by atoms with Crippen molar-refractivity contribution in [2.75, 3.05) is 6.54 Å². The molecule has 13 heavy (non-hydrogen) atoms. The number of hydrogen-bond donors (Lipinski definition) is 0. The number of allylic oxidation sites excluding steroid dienone is 1. The lowest BCUT2D eigenvalue weighted by Crippen LogP contribution is -2.52. The lowest BCUT2D eigenvalue weighted by Gasteiger charge is -2.39. The molecule has 0 radical (unpaired) electrons. The molecule has 1 aliphatic heterocycles. The fourth-order valence-corrected chi connectivity index (χ4v) is 1.60. The topological polar surface area (TPSA) is 20.3 Å². The van der Waals surface area contributed by atoms with E-state index in [0.717, 1.165) is 19.3 Å². The molecule has 1 atom stereocenters. The van der Waals surface area contributed by atoms with Crippen molar-refractivity contribution in [2.45, 2.75) is 32.2 Å². The Balaban J connectivity index is 2.35. The van der Waals surface area contributed by atoms with Crippen molar-refractivity contribution in [1.82, 2.24) is 4.90 Å². The minimum absolute atomic E-state index is 0.250. The van der Waals surface area contributed by atoms with E-state index in [1.54, 1.807) is 6.08 Å². The lowest BCUT2D eigenvalue weighted by atomic mass is 9.97. The molecular weight excluding hydrogens is 162 g/mol. The second kappa shape index (κ2) is 4.71. The first-order valence-corrected chi connectivity index (χ1v) is 4.70. The maximum Gasteiger partial charge on any atom is 0.225 e. The smallest absolute Gasteiger partial charge is 0.225 e. The third-order valence-corrected chi connectivity index (χ3v) is 2.31. The van der Waals surface area contributed by atoms with Crippen LogP contribution in [0.15, 0.2) is 12.2 Å². The zero-order chi connectivity index (χ0) is 9.68. The van der Waals surface area contributed by atoms with E-state index in [9.17, 15) is 4.79 Å². The highest BCUT2D eigenvalue weighted by Gasteiger charge is 2.33. The number of nitrogens with zero attached hydrogens (tertiary/aromatic N) is 1. The molecule has 1 saturated heterocycles. The van der Waals surface area contributed by atoms with Gasteiger partial charge in [-0.3, -0.25) is 4.79 Å². The number of amides is 1. The molecule has 0 saturated carbocycles. The van der Waals surface area contributed by atoms with Crippen LogP contribution in [0.2, 0.25) is 0 Å². The summed E-state index contributed by atoms with van der Waals surface area (Å²) < 4.78 is 0. The first-order chi connectivity index (χ1) is 6.29. The molecule has 2 nitrogen and oxygen atoms in total. The average molecular weight is 177 g/mol. The minimum atomic E-state index is 0.250. The molecule has 0 aromatic heterocycles. The van der Waals surface area contributed by atoms with Crippen LogP contribution in [0.3, 0.4) is 0 Å². The molecule has 1 amide bonds. The van der Waals surface area contributed by atoms with Crippen molar-refractivity contribution in [3.8, 4) is 12.3 Å². The molecule has 0 aromatic rings. The number of carbonyl (C=O) groups excluding carboxylic acids is 1. The van der Waals surface area contributed by atoms with Crippen molar-refractivity contribution in [2.24, 2.45) is 0 Å². The number of likely N-dealkylation sites (tertiary alicyclic amines) is 1. The summed E-state index contributed by atoms with van der Waals surface area (Å²) in [5, 5.41) is 0. The zero-order valence-electron chi connectivity index (χ0n) is 7.99. The van der Waals surface area contributed by atoms with Gasteiger partial charge in [-0.15, -0.1) is 6.42 Å². The average Bonchev–Trinajstić information content (AvgIpc) is 2.12. The van der Waals surface area contributed by atoms with Crippen LogP contribution in [-0.2, 0) is 4.79 Å². The second-order valence-corrected chi connectivity index (χ2v) is 3.26. The predicted octanol–water partition coefficient (Wildman–Crippen LogP) is 1.58. The van der Waals surface area contributed by atoms with Crippen molar-refractivity contribution < 1.29 is 4.79 Å². The fraction of sp³-hybridized carbons (Fsp3) is 0.545. The highest BCUT2D eigenvalue weighted by molar-refractivity contribution is 5.83. The Hall–Kier alpha value is -1.23. The van der Waals surface area contributed by atoms with Crippen LogP contribution in [0.5, 0.6) is 0 Å². The Labute approximate surface area is 79.6 Å². The molecule has 1 heterocycles. The van der Waals surface area contributed by atoms with Gasteiger partial charge < -0.3 is 4.90 Å². The minimum Gasteiger partial charge on any atom is -0.335 e. The van der Waals surface area contributed by atoms with E-state index in [1.807, 2.05) is 11.0 Å². The molecule has 70 valence electrons. The summed E-state index contributed by atoms with van der Waals surface area (Å²) in [5.74, 6) is 2.66. The van der Waals surface area contributed by atoms with Crippen LogP contribution in [0, 0.1) is 12.3 Å². The summed E-state index contributed by atoms with van der Waals surface area (Å²) in [6.07, 6.45) is 11.5. The van der Waals surface area contributed by atoms with Crippen LogP contribution >= 0.6 is 0 Å². The largest absolute Gasteiger partial charge is 0.335 e. The van der Waals surface area contributed by atoms with Gasteiger partial charge in [-0.1, -0.05) is 25.3 Å². The standard InChI is InChI=1S/C11H15NO/c1-3-5-6-8-12-10(7-4-2)9-11(12)13/h1,5-6,10H,4,7-9H2,2H3/b6-5-. The molecule has 0 bridgehead atoms. The molecule has 2 heteroatoms. The van der Waals surface area contributed by atoms with E-state index in [4.69, 9.17) is 6.42 Å². The van der Waals surface area contributed by atoms with E-state index in [2.05, 4.69) is 12.8 Å². The Morgan fingerprint density at radius 3 is 3.08 bits per heavy atom. The number of hydrogen-bond acceptors (Lipinski definition) is 1. The van der Waals surface area contributed by atoms with Crippen LogP contribution in [0.4, 0.5) is 0 Å². The van der Waals surface area contributed by atoms with E-state index in [-0.39, 0.29) is 5.91 Å². The lowest BCUT2D eigenvalue weighted by molar-refractivity contribution is -0.145.